The number of carbonyl (C=O) groups is 3. The molecule has 2 amide bonds. The third-order valence-electron chi connectivity index (χ3n) is 4.58. The fourth-order valence-electron chi connectivity index (χ4n) is 2.86. The molecule has 0 aliphatic carbocycles. The quantitative estimate of drug-likeness (QED) is 0.413. The van der Waals surface area contributed by atoms with Crippen LogP contribution in [0.15, 0.2) is 24.3 Å². The number of methoxy groups -OCH3 is 1. The van der Waals surface area contributed by atoms with E-state index in [9.17, 15) is 24.6 Å². The summed E-state index contributed by atoms with van der Waals surface area (Å²) >= 11 is 0. The smallest absolute Gasteiger partial charge is 0.329 e. The molecule has 1 aliphatic rings. The molecule has 0 spiro atoms. The summed E-state index contributed by atoms with van der Waals surface area (Å²) in [5.74, 6) is -1.90. The van der Waals surface area contributed by atoms with Gasteiger partial charge in [-0.25, -0.2) is 4.79 Å². The van der Waals surface area contributed by atoms with Crippen LogP contribution in [0.3, 0.4) is 0 Å². The molecule has 0 bridgehead atoms. The lowest BCUT2D eigenvalue weighted by Crippen LogP contribution is -2.53. The number of ether oxygens (including phenoxy) is 2. The number of nitrogens with zero attached hydrogens (tertiary/aromatic N) is 1. The molecule has 4 N–H and O–H groups in total. The first kappa shape index (κ1) is 22.6. The molecule has 2 unspecified atom stereocenters. The monoisotopic (exact) mass is 409 g/mol. The van der Waals surface area contributed by atoms with Crippen molar-refractivity contribution in [2.24, 2.45) is 0 Å². The molecule has 29 heavy (non-hydrogen) atoms. The van der Waals surface area contributed by atoms with Crippen LogP contribution in [0.2, 0.25) is 0 Å². The highest BCUT2D eigenvalue weighted by atomic mass is 16.5. The number of nitrogens with one attached hydrogen (secondary N) is 2. The van der Waals surface area contributed by atoms with Crippen LogP contribution < -0.4 is 15.4 Å². The summed E-state index contributed by atoms with van der Waals surface area (Å²) in [7, 11) is 1.49. The van der Waals surface area contributed by atoms with Crippen molar-refractivity contribution < 1.29 is 34.1 Å². The number of aliphatic carboxylic acids is 1. The Labute approximate surface area is 168 Å². The summed E-state index contributed by atoms with van der Waals surface area (Å²) in [6.07, 6.45) is -1.47. The number of hydrogen-bond donors (Lipinski definition) is 4. The predicted molar refractivity (Wildman–Crippen MR) is 102 cm³/mol. The Morgan fingerprint density at radius 2 is 1.79 bits per heavy atom. The van der Waals surface area contributed by atoms with Crippen molar-refractivity contribution in [2.75, 3.05) is 40.0 Å². The summed E-state index contributed by atoms with van der Waals surface area (Å²) in [6, 6.07) is 3.64. The summed E-state index contributed by atoms with van der Waals surface area (Å²) in [5, 5.41) is 24.7. The molecule has 1 aliphatic heterocycles. The van der Waals surface area contributed by atoms with Crippen LogP contribution in [0.5, 0.6) is 5.75 Å². The molecular weight excluding hydrogens is 382 g/mol. The van der Waals surface area contributed by atoms with Crippen molar-refractivity contribution in [3.63, 3.8) is 0 Å². The average Bonchev–Trinajstić information content (AvgIpc) is 2.71. The van der Waals surface area contributed by atoms with Crippen LogP contribution in [0.4, 0.5) is 0 Å². The van der Waals surface area contributed by atoms with E-state index in [0.29, 0.717) is 37.6 Å². The highest BCUT2D eigenvalue weighted by Gasteiger charge is 2.31. The van der Waals surface area contributed by atoms with E-state index in [1.54, 1.807) is 12.1 Å². The number of carbonyl (C=O) groups excluding carboxylic acids is 2. The molecule has 1 aromatic rings. The van der Waals surface area contributed by atoms with Crippen LogP contribution >= 0.6 is 0 Å². The Balaban J connectivity index is 1.93. The van der Waals surface area contributed by atoms with Crippen molar-refractivity contribution in [3.8, 4) is 5.75 Å². The number of aliphatic hydroxyl groups excluding tert-OH is 1. The van der Waals surface area contributed by atoms with Crippen LogP contribution in [-0.4, -0.2) is 84.9 Å². The van der Waals surface area contributed by atoms with Gasteiger partial charge < -0.3 is 30.3 Å². The van der Waals surface area contributed by atoms with Gasteiger partial charge in [0.15, 0.2) is 6.04 Å². The fourth-order valence-corrected chi connectivity index (χ4v) is 2.86. The molecule has 0 saturated carbocycles. The molecule has 10 nitrogen and oxygen atoms in total. The minimum atomic E-state index is -1.57. The zero-order valence-electron chi connectivity index (χ0n) is 16.5. The fraction of sp³-hybridized carbons (Fsp3) is 0.526. The van der Waals surface area contributed by atoms with E-state index in [-0.39, 0.29) is 12.5 Å². The Bertz CT molecular complexity index is 704. The molecule has 2 rings (SSSR count). The number of rotatable bonds is 9. The first-order valence-electron chi connectivity index (χ1n) is 9.26. The molecule has 3 atom stereocenters. The van der Waals surface area contributed by atoms with Crippen LogP contribution in [0, 0.1) is 0 Å². The van der Waals surface area contributed by atoms with Gasteiger partial charge in [0.2, 0.25) is 11.8 Å². The van der Waals surface area contributed by atoms with Gasteiger partial charge >= 0.3 is 5.97 Å². The zero-order chi connectivity index (χ0) is 21.4. The molecule has 0 radical (unpaired) electrons. The van der Waals surface area contributed by atoms with Crippen molar-refractivity contribution in [1.82, 2.24) is 15.5 Å². The SMILES string of the molecule is COc1ccc(C(O)C(NC(=O)[C@H](C)NC(=O)CN2CCOCC2)C(=O)O)cc1. The van der Waals surface area contributed by atoms with E-state index in [2.05, 4.69) is 10.6 Å². The van der Waals surface area contributed by atoms with Gasteiger partial charge in [-0.15, -0.1) is 0 Å². The Kier molecular flexibility index (Phi) is 8.37. The summed E-state index contributed by atoms with van der Waals surface area (Å²) in [4.78, 5) is 38.0. The molecular formula is C19H27N3O7. The van der Waals surface area contributed by atoms with Gasteiger partial charge in [-0.3, -0.25) is 14.5 Å². The molecule has 10 heteroatoms. The maximum absolute atomic E-state index is 12.4. The summed E-state index contributed by atoms with van der Waals surface area (Å²) in [6.45, 7) is 3.93. The van der Waals surface area contributed by atoms with Gasteiger partial charge in [-0.05, 0) is 24.6 Å². The number of morpholine rings is 1. The summed E-state index contributed by atoms with van der Waals surface area (Å²) in [5.41, 5.74) is 0.308. The number of carboxylic acid groups (broad SMARTS) is 1. The number of amides is 2. The first-order chi connectivity index (χ1) is 13.8. The van der Waals surface area contributed by atoms with E-state index in [0.717, 1.165) is 0 Å². The van der Waals surface area contributed by atoms with Crippen LogP contribution in [0.1, 0.15) is 18.6 Å². The van der Waals surface area contributed by atoms with Gasteiger partial charge in [0.05, 0.1) is 26.9 Å². The van der Waals surface area contributed by atoms with Crippen molar-refractivity contribution in [2.45, 2.75) is 25.1 Å². The standard InChI is InChI=1S/C19H27N3O7/c1-12(20-15(23)11-22-7-9-29-10-8-22)18(25)21-16(19(26)27)17(24)13-3-5-14(28-2)6-4-13/h3-6,12,16-17,24H,7-11H2,1-2H3,(H,20,23)(H,21,25)(H,26,27)/t12-,16?,17?/m0/s1. The molecule has 160 valence electrons. The highest BCUT2D eigenvalue weighted by Crippen LogP contribution is 2.20. The van der Waals surface area contributed by atoms with Crippen molar-refractivity contribution >= 4 is 17.8 Å². The van der Waals surface area contributed by atoms with E-state index in [1.165, 1.54) is 26.2 Å². The lowest BCUT2D eigenvalue weighted by Gasteiger charge is -2.27. The predicted octanol–water partition coefficient (Wildman–Crippen LogP) is -0.865. The Hall–Kier alpha value is -2.69. The van der Waals surface area contributed by atoms with E-state index in [1.807, 2.05) is 4.90 Å². The number of benzene rings is 1. The van der Waals surface area contributed by atoms with Crippen molar-refractivity contribution in [3.05, 3.63) is 29.8 Å². The molecule has 1 aromatic carbocycles. The van der Waals surface area contributed by atoms with Gasteiger partial charge in [-0.1, -0.05) is 12.1 Å². The van der Waals surface area contributed by atoms with Crippen LogP contribution in [0.25, 0.3) is 0 Å². The first-order valence-corrected chi connectivity index (χ1v) is 9.26. The molecule has 1 heterocycles. The maximum Gasteiger partial charge on any atom is 0.329 e. The Morgan fingerprint density at radius 3 is 2.34 bits per heavy atom. The minimum absolute atomic E-state index is 0.123. The van der Waals surface area contributed by atoms with Crippen LogP contribution in [-0.2, 0) is 19.1 Å². The largest absolute Gasteiger partial charge is 0.497 e. The van der Waals surface area contributed by atoms with Gasteiger partial charge in [0, 0.05) is 13.1 Å². The van der Waals surface area contributed by atoms with Gasteiger partial charge in [0.25, 0.3) is 0 Å². The third kappa shape index (κ3) is 6.70. The third-order valence-corrected chi connectivity index (χ3v) is 4.58. The maximum atomic E-state index is 12.4. The van der Waals surface area contributed by atoms with Gasteiger partial charge in [0.1, 0.15) is 17.9 Å². The average molecular weight is 409 g/mol. The van der Waals surface area contributed by atoms with E-state index < -0.39 is 30.1 Å². The second-order valence-corrected chi connectivity index (χ2v) is 6.72. The summed E-state index contributed by atoms with van der Waals surface area (Å²) < 4.78 is 10.2. The van der Waals surface area contributed by atoms with E-state index in [4.69, 9.17) is 9.47 Å². The minimum Gasteiger partial charge on any atom is -0.497 e. The topological polar surface area (TPSA) is 137 Å². The van der Waals surface area contributed by atoms with E-state index >= 15 is 0 Å². The lowest BCUT2D eigenvalue weighted by atomic mass is 10.0. The highest BCUT2D eigenvalue weighted by molar-refractivity contribution is 5.90. The molecule has 1 saturated heterocycles. The Morgan fingerprint density at radius 1 is 1.17 bits per heavy atom. The number of aliphatic hydroxyl groups is 1. The molecule has 0 aromatic heterocycles. The number of hydrogen-bond acceptors (Lipinski definition) is 7. The molecule has 1 fully saturated rings. The second-order valence-electron chi connectivity index (χ2n) is 6.72. The lowest BCUT2D eigenvalue weighted by molar-refractivity contribution is -0.145. The van der Waals surface area contributed by atoms with Gasteiger partial charge in [-0.2, -0.15) is 0 Å². The zero-order valence-corrected chi connectivity index (χ0v) is 16.5. The van der Waals surface area contributed by atoms with Crippen molar-refractivity contribution in [1.29, 1.82) is 0 Å². The number of carboxylic acids is 1. The second kappa shape index (κ2) is 10.7. The normalized spacial score (nSPS) is 17.6.